The van der Waals surface area contributed by atoms with Gasteiger partial charge >= 0.3 is 0 Å². The van der Waals surface area contributed by atoms with Crippen molar-refractivity contribution in [1.82, 2.24) is 0 Å². The Morgan fingerprint density at radius 3 is 1.17 bits per heavy atom. The van der Waals surface area contributed by atoms with Gasteiger partial charge in [0.15, 0.2) is 0 Å². The zero-order valence-electron chi connectivity index (χ0n) is 17.4. The smallest absolute Gasteiger partial charge is 0.113 e. The van der Waals surface area contributed by atoms with Gasteiger partial charge in [-0.15, -0.1) is 23.2 Å². The van der Waals surface area contributed by atoms with Crippen LogP contribution in [0.15, 0.2) is 70.5 Å². The van der Waals surface area contributed by atoms with Gasteiger partial charge in [0.05, 0.1) is 21.6 Å². The van der Waals surface area contributed by atoms with Crippen LogP contribution in [-0.4, -0.2) is 17.8 Å². The summed E-state index contributed by atoms with van der Waals surface area (Å²) < 4.78 is 24.0. The fraction of sp³-hybridized carbons (Fsp3) is 0.500. The predicted octanol–water partition coefficient (Wildman–Crippen LogP) is 7.63. The number of hydrogen-bond donors (Lipinski definition) is 0. The minimum absolute atomic E-state index is 0.308. The first-order valence-electron chi connectivity index (χ1n) is 10.8. The van der Waals surface area contributed by atoms with Crippen LogP contribution < -0.4 is 0 Å². The van der Waals surface area contributed by atoms with E-state index in [0.29, 0.717) is 0 Å². The highest BCUT2D eigenvalue weighted by Crippen LogP contribution is 2.21. The number of benzene rings is 2. The summed E-state index contributed by atoms with van der Waals surface area (Å²) in [6.07, 6.45) is 10.7. The molecule has 0 N–H and O–H groups in total. The highest BCUT2D eigenvalue weighted by molar-refractivity contribution is 7.87. The molecule has 2 rings (SSSR count). The zero-order valence-corrected chi connectivity index (χ0v) is 20.5. The Kier molecular flexibility index (Phi) is 12.9. The van der Waals surface area contributed by atoms with Crippen molar-refractivity contribution in [2.45, 2.75) is 83.4 Å². The molecule has 166 valence electrons. The van der Waals surface area contributed by atoms with Gasteiger partial charge < -0.3 is 0 Å². The molecule has 30 heavy (non-hydrogen) atoms. The summed E-state index contributed by atoms with van der Waals surface area (Å²) in [4.78, 5) is 1.62. The second-order valence-electron chi connectivity index (χ2n) is 7.45. The first kappa shape index (κ1) is 25.6. The van der Waals surface area contributed by atoms with Gasteiger partial charge in [0.1, 0.15) is 9.42 Å². The van der Waals surface area contributed by atoms with Crippen molar-refractivity contribution in [3.63, 3.8) is 0 Å². The van der Waals surface area contributed by atoms with Crippen LogP contribution in [0, 0.1) is 0 Å². The third-order valence-electron chi connectivity index (χ3n) is 5.03. The van der Waals surface area contributed by atoms with Crippen LogP contribution in [0.1, 0.15) is 64.2 Å². The molecule has 2 aromatic rings. The Hall–Kier alpha value is -0.680. The van der Waals surface area contributed by atoms with Crippen LogP contribution >= 0.6 is 23.2 Å². The maximum Gasteiger partial charge on any atom is 0.113 e. The normalized spacial score (nSPS) is 15.4. The van der Waals surface area contributed by atoms with Crippen LogP contribution in [0.4, 0.5) is 0 Å². The number of hydrogen-bond acceptors (Lipinski definition) is 2. The van der Waals surface area contributed by atoms with Crippen LogP contribution in [0.5, 0.6) is 0 Å². The summed E-state index contributed by atoms with van der Waals surface area (Å²) in [7, 11) is -2.26. The second kappa shape index (κ2) is 15.2. The molecule has 0 radical (unpaired) electrons. The van der Waals surface area contributed by atoms with Crippen LogP contribution in [0.3, 0.4) is 0 Å². The van der Waals surface area contributed by atoms with E-state index in [4.69, 9.17) is 23.2 Å². The van der Waals surface area contributed by atoms with Gasteiger partial charge in [-0.05, 0) is 37.1 Å². The Balaban J connectivity index is 1.45. The van der Waals surface area contributed by atoms with E-state index in [1.807, 2.05) is 60.7 Å². The highest BCUT2D eigenvalue weighted by atomic mass is 35.5. The molecule has 0 fully saturated rings. The third kappa shape index (κ3) is 9.64. The molecular formula is C24H32Cl2O2S2. The summed E-state index contributed by atoms with van der Waals surface area (Å²) in [6, 6.07) is 18.9. The average molecular weight is 488 g/mol. The Bertz CT molecular complexity index is 691. The van der Waals surface area contributed by atoms with Gasteiger partial charge in [-0.1, -0.05) is 87.8 Å². The van der Waals surface area contributed by atoms with Crippen molar-refractivity contribution >= 4 is 44.8 Å². The minimum atomic E-state index is -1.13. The van der Waals surface area contributed by atoms with Crippen LogP contribution in [0.2, 0.25) is 0 Å². The average Bonchev–Trinajstić information content (AvgIpc) is 2.80. The molecule has 0 aliphatic carbocycles. The fourth-order valence-corrected chi connectivity index (χ4v) is 6.42. The maximum absolute atomic E-state index is 12.3. The summed E-state index contributed by atoms with van der Waals surface area (Å²) >= 11 is 12.6. The van der Waals surface area contributed by atoms with Crippen LogP contribution in [0.25, 0.3) is 0 Å². The highest BCUT2D eigenvalue weighted by Gasteiger charge is 2.15. The molecule has 2 aromatic carbocycles. The lowest BCUT2D eigenvalue weighted by molar-refractivity contribution is 0.558. The van der Waals surface area contributed by atoms with E-state index < -0.39 is 21.6 Å². The summed E-state index contributed by atoms with van der Waals surface area (Å²) in [6.45, 7) is 0. The molecule has 2 nitrogen and oxygen atoms in total. The van der Waals surface area contributed by atoms with Crippen LogP contribution in [-0.2, 0) is 21.6 Å². The van der Waals surface area contributed by atoms with Crippen molar-refractivity contribution in [1.29, 1.82) is 0 Å². The Morgan fingerprint density at radius 1 is 0.533 bits per heavy atom. The largest absolute Gasteiger partial charge is 0.253 e. The minimum Gasteiger partial charge on any atom is -0.253 e. The van der Waals surface area contributed by atoms with E-state index in [2.05, 4.69) is 0 Å². The first-order valence-corrected chi connectivity index (χ1v) is 14.1. The molecule has 4 unspecified atom stereocenters. The molecule has 0 aromatic heterocycles. The van der Waals surface area contributed by atoms with E-state index >= 15 is 0 Å². The third-order valence-corrected chi connectivity index (χ3v) is 9.31. The molecule has 0 bridgehead atoms. The number of unbranched alkanes of at least 4 members (excludes halogenated alkanes) is 7. The SMILES string of the molecule is O=S(c1ccccc1)C(Cl)CCCCCCCCCCC(Cl)S(=O)c1ccccc1. The van der Waals surface area contributed by atoms with Gasteiger partial charge in [0, 0.05) is 9.79 Å². The molecule has 0 amide bonds. The number of rotatable bonds is 15. The van der Waals surface area contributed by atoms with Gasteiger partial charge in [-0.25, -0.2) is 0 Å². The van der Waals surface area contributed by atoms with E-state index in [1.54, 1.807) is 0 Å². The predicted molar refractivity (Wildman–Crippen MR) is 131 cm³/mol. The molecule has 0 saturated heterocycles. The van der Waals surface area contributed by atoms with Gasteiger partial charge in [-0.2, -0.15) is 0 Å². The van der Waals surface area contributed by atoms with Crippen molar-refractivity contribution in [3.05, 3.63) is 60.7 Å². The summed E-state index contributed by atoms with van der Waals surface area (Å²) in [5, 5.41) is 0. The second-order valence-corrected chi connectivity index (χ2v) is 12.3. The summed E-state index contributed by atoms with van der Waals surface area (Å²) in [5.74, 6) is 0. The Morgan fingerprint density at radius 2 is 0.833 bits per heavy atom. The molecule has 0 heterocycles. The first-order chi connectivity index (χ1) is 14.6. The summed E-state index contributed by atoms with van der Waals surface area (Å²) in [5.41, 5.74) is 0. The van der Waals surface area contributed by atoms with Crippen molar-refractivity contribution in [2.24, 2.45) is 0 Å². The molecule has 4 atom stereocenters. The Labute approximate surface area is 196 Å². The van der Waals surface area contributed by atoms with E-state index in [1.165, 1.54) is 25.7 Å². The van der Waals surface area contributed by atoms with Gasteiger partial charge in [-0.3, -0.25) is 8.42 Å². The monoisotopic (exact) mass is 486 g/mol. The lowest BCUT2D eigenvalue weighted by Crippen LogP contribution is -2.08. The van der Waals surface area contributed by atoms with Gasteiger partial charge in [0.2, 0.25) is 0 Å². The molecular weight excluding hydrogens is 455 g/mol. The molecule has 0 aliphatic heterocycles. The molecule has 0 aliphatic rings. The standard InChI is InChI=1S/C24H32Cl2O2S2/c25-23(29(27)21-15-9-7-10-16-21)19-13-5-3-1-2-4-6-14-20-24(26)30(28)22-17-11-8-12-18-22/h7-12,15-18,23-24H,1-6,13-14,19-20H2. The van der Waals surface area contributed by atoms with E-state index in [-0.39, 0.29) is 9.42 Å². The van der Waals surface area contributed by atoms with Gasteiger partial charge in [0.25, 0.3) is 0 Å². The number of halogens is 2. The van der Waals surface area contributed by atoms with E-state index in [0.717, 1.165) is 48.3 Å². The van der Waals surface area contributed by atoms with Crippen molar-refractivity contribution < 1.29 is 8.42 Å². The molecule has 0 saturated carbocycles. The zero-order chi connectivity index (χ0) is 21.6. The molecule has 0 spiro atoms. The fourth-order valence-electron chi connectivity index (χ4n) is 3.29. The van der Waals surface area contributed by atoms with E-state index in [9.17, 15) is 8.42 Å². The van der Waals surface area contributed by atoms with Crippen molar-refractivity contribution in [2.75, 3.05) is 0 Å². The quantitative estimate of drug-likeness (QED) is 0.191. The lowest BCUT2D eigenvalue weighted by atomic mass is 10.1. The number of alkyl halides is 2. The van der Waals surface area contributed by atoms with Crippen molar-refractivity contribution in [3.8, 4) is 0 Å². The maximum atomic E-state index is 12.3. The molecule has 6 heteroatoms. The topological polar surface area (TPSA) is 34.1 Å². The lowest BCUT2D eigenvalue weighted by Gasteiger charge is -2.10.